The van der Waals surface area contributed by atoms with Crippen molar-refractivity contribution in [3.05, 3.63) is 23.3 Å². The van der Waals surface area contributed by atoms with Crippen LogP contribution in [0.15, 0.2) is 12.1 Å². The zero-order chi connectivity index (χ0) is 16.3. The minimum absolute atomic E-state index is 0.0490. The van der Waals surface area contributed by atoms with Gasteiger partial charge in [0.25, 0.3) is 0 Å². The molecule has 1 aromatic rings. The third kappa shape index (κ3) is 1.75. The van der Waals surface area contributed by atoms with Crippen LogP contribution in [0.25, 0.3) is 0 Å². The van der Waals surface area contributed by atoms with Crippen molar-refractivity contribution < 1.29 is 25.2 Å². The maximum absolute atomic E-state index is 12.5. The number of aliphatic hydroxyl groups is 2. The fourth-order valence-corrected chi connectivity index (χ4v) is 4.51. The molecule has 4 atom stereocenters. The second kappa shape index (κ2) is 4.70. The van der Waals surface area contributed by atoms with Crippen molar-refractivity contribution in [2.75, 3.05) is 6.61 Å². The largest absolute Gasteiger partial charge is 0.504 e. The summed E-state index contributed by atoms with van der Waals surface area (Å²) in [5, 5.41) is 40.3. The van der Waals surface area contributed by atoms with E-state index in [4.69, 9.17) is 0 Å². The molecule has 0 spiro atoms. The predicted octanol–water partition coefficient (Wildman–Crippen LogP) is 1.71. The van der Waals surface area contributed by atoms with Crippen molar-refractivity contribution in [1.82, 2.24) is 0 Å². The van der Waals surface area contributed by atoms with Gasteiger partial charge in [0.15, 0.2) is 17.3 Å². The van der Waals surface area contributed by atoms with Gasteiger partial charge < -0.3 is 20.4 Å². The Kier molecular flexibility index (Phi) is 3.27. The summed E-state index contributed by atoms with van der Waals surface area (Å²) in [4.78, 5) is 12.5. The van der Waals surface area contributed by atoms with Crippen molar-refractivity contribution in [3.8, 4) is 11.5 Å². The number of benzene rings is 1. The van der Waals surface area contributed by atoms with Crippen LogP contribution in [0.5, 0.6) is 11.5 Å². The van der Waals surface area contributed by atoms with Gasteiger partial charge in [0.2, 0.25) is 0 Å². The molecule has 0 aliphatic heterocycles. The van der Waals surface area contributed by atoms with Crippen molar-refractivity contribution in [1.29, 1.82) is 0 Å². The highest BCUT2D eigenvalue weighted by Gasteiger charge is 2.58. The van der Waals surface area contributed by atoms with Crippen LogP contribution in [0, 0.1) is 11.3 Å². The van der Waals surface area contributed by atoms with Gasteiger partial charge in [0, 0.05) is 18.4 Å². The number of fused-ring (bicyclic) bond motifs is 3. The molecule has 1 fully saturated rings. The molecule has 4 N–H and O–H groups in total. The Labute approximate surface area is 129 Å². The van der Waals surface area contributed by atoms with Crippen LogP contribution in [-0.2, 0) is 5.41 Å². The maximum Gasteiger partial charge on any atom is 0.168 e. The molecule has 1 saturated carbocycles. The number of carbonyl (C=O) groups excluding carboxylic acids is 1. The fraction of sp³-hybridized carbons (Fsp3) is 0.588. The Morgan fingerprint density at radius 2 is 1.95 bits per heavy atom. The van der Waals surface area contributed by atoms with Crippen LogP contribution < -0.4 is 0 Å². The number of hydrogen-bond acceptors (Lipinski definition) is 5. The van der Waals surface area contributed by atoms with E-state index in [1.54, 1.807) is 6.07 Å². The first-order valence-electron chi connectivity index (χ1n) is 7.63. The first kappa shape index (κ1) is 15.3. The second-order valence-corrected chi connectivity index (χ2v) is 7.19. The number of aliphatic hydroxyl groups excluding tert-OH is 2. The third-order valence-corrected chi connectivity index (χ3v) is 6.01. The quantitative estimate of drug-likeness (QED) is 0.592. The number of carbonyl (C=O) groups is 1. The summed E-state index contributed by atoms with van der Waals surface area (Å²) in [5.74, 6) is -1.20. The Hall–Kier alpha value is -1.59. The third-order valence-electron chi connectivity index (χ3n) is 6.01. The molecule has 0 heterocycles. The molecular weight excluding hydrogens is 284 g/mol. The van der Waals surface area contributed by atoms with E-state index in [0.29, 0.717) is 18.4 Å². The summed E-state index contributed by atoms with van der Waals surface area (Å²) in [5.41, 5.74) is -0.505. The van der Waals surface area contributed by atoms with Gasteiger partial charge in [-0.1, -0.05) is 19.9 Å². The Balaban J connectivity index is 2.26. The summed E-state index contributed by atoms with van der Waals surface area (Å²) >= 11 is 0. The average molecular weight is 306 g/mol. The summed E-state index contributed by atoms with van der Waals surface area (Å²) in [6.07, 6.45) is 0.666. The smallest absolute Gasteiger partial charge is 0.168 e. The zero-order valence-electron chi connectivity index (χ0n) is 12.8. The lowest BCUT2D eigenvalue weighted by molar-refractivity contribution is -0.0814. The van der Waals surface area contributed by atoms with Crippen molar-refractivity contribution in [3.63, 3.8) is 0 Å². The fourth-order valence-electron chi connectivity index (χ4n) is 4.51. The summed E-state index contributed by atoms with van der Waals surface area (Å²) in [6.45, 7) is 3.78. The topological polar surface area (TPSA) is 98.0 Å². The van der Waals surface area contributed by atoms with E-state index >= 15 is 0 Å². The highest BCUT2D eigenvalue weighted by molar-refractivity contribution is 6.02. The van der Waals surface area contributed by atoms with Gasteiger partial charge in [0.1, 0.15) is 0 Å². The van der Waals surface area contributed by atoms with E-state index in [1.165, 1.54) is 6.07 Å². The molecule has 2 aliphatic carbocycles. The van der Waals surface area contributed by atoms with Crippen LogP contribution in [0.4, 0.5) is 0 Å². The lowest BCUT2D eigenvalue weighted by atomic mass is 9.48. The summed E-state index contributed by atoms with van der Waals surface area (Å²) in [6, 6.07) is 2.97. The van der Waals surface area contributed by atoms with E-state index in [9.17, 15) is 25.2 Å². The number of aromatic hydroxyl groups is 2. The van der Waals surface area contributed by atoms with E-state index < -0.39 is 22.7 Å². The molecule has 0 amide bonds. The molecule has 5 nitrogen and oxygen atoms in total. The summed E-state index contributed by atoms with van der Waals surface area (Å²) < 4.78 is 0. The van der Waals surface area contributed by atoms with Gasteiger partial charge in [-0.3, -0.25) is 4.79 Å². The van der Waals surface area contributed by atoms with E-state index in [0.717, 1.165) is 0 Å². The van der Waals surface area contributed by atoms with E-state index in [1.807, 2.05) is 13.8 Å². The number of phenolic OH excluding ortho intramolecular Hbond substituents is 2. The van der Waals surface area contributed by atoms with E-state index in [2.05, 4.69) is 0 Å². The van der Waals surface area contributed by atoms with Crippen molar-refractivity contribution >= 4 is 5.78 Å². The first-order valence-corrected chi connectivity index (χ1v) is 7.63. The van der Waals surface area contributed by atoms with Gasteiger partial charge in [-0.05, 0) is 35.8 Å². The molecule has 0 saturated heterocycles. The number of rotatable bonds is 1. The van der Waals surface area contributed by atoms with Crippen LogP contribution in [0.2, 0.25) is 0 Å². The molecule has 5 heteroatoms. The first-order chi connectivity index (χ1) is 10.3. The molecule has 1 aromatic carbocycles. The molecule has 3 rings (SSSR count). The zero-order valence-corrected chi connectivity index (χ0v) is 12.8. The van der Waals surface area contributed by atoms with Crippen LogP contribution in [0.3, 0.4) is 0 Å². The number of ketones is 1. The van der Waals surface area contributed by atoms with Crippen LogP contribution in [-0.4, -0.2) is 38.9 Å². The molecule has 22 heavy (non-hydrogen) atoms. The lowest BCUT2D eigenvalue weighted by Gasteiger charge is -2.56. The molecular formula is C17H22O5. The Bertz CT molecular complexity index is 640. The summed E-state index contributed by atoms with van der Waals surface area (Å²) in [7, 11) is 0. The number of Topliss-reactive ketones (excluding diaryl/α,β-unsaturated/α-hetero) is 1. The minimum atomic E-state index is -0.732. The highest BCUT2D eigenvalue weighted by atomic mass is 16.3. The molecule has 2 aliphatic rings. The van der Waals surface area contributed by atoms with Gasteiger partial charge in [0.05, 0.1) is 11.7 Å². The predicted molar refractivity (Wildman–Crippen MR) is 80.0 cm³/mol. The van der Waals surface area contributed by atoms with Crippen molar-refractivity contribution in [2.24, 2.45) is 11.3 Å². The number of hydrogen-bond donors (Lipinski definition) is 4. The van der Waals surface area contributed by atoms with Crippen molar-refractivity contribution in [2.45, 2.75) is 44.6 Å². The Morgan fingerprint density at radius 3 is 2.59 bits per heavy atom. The highest BCUT2D eigenvalue weighted by Crippen LogP contribution is 2.58. The Morgan fingerprint density at radius 1 is 1.27 bits per heavy atom. The van der Waals surface area contributed by atoms with Crippen LogP contribution >= 0.6 is 0 Å². The minimum Gasteiger partial charge on any atom is -0.504 e. The monoisotopic (exact) mass is 306 g/mol. The number of phenols is 2. The van der Waals surface area contributed by atoms with Gasteiger partial charge in [-0.2, -0.15) is 0 Å². The van der Waals surface area contributed by atoms with Crippen LogP contribution in [0.1, 0.15) is 49.0 Å². The van der Waals surface area contributed by atoms with Gasteiger partial charge in [-0.15, -0.1) is 0 Å². The lowest BCUT2D eigenvalue weighted by Crippen LogP contribution is -2.58. The second-order valence-electron chi connectivity index (χ2n) is 7.19. The molecule has 0 unspecified atom stereocenters. The SMILES string of the molecule is C[C@@]1(CO)CC[C@@H](O)[C@]2(C)c3ccc(O)c(O)c3C(=O)C[C@@H]12. The molecule has 0 aromatic heterocycles. The van der Waals surface area contributed by atoms with Gasteiger partial charge in [-0.25, -0.2) is 0 Å². The van der Waals surface area contributed by atoms with E-state index in [-0.39, 0.29) is 36.0 Å². The van der Waals surface area contributed by atoms with Gasteiger partial charge >= 0.3 is 0 Å². The molecule has 120 valence electrons. The average Bonchev–Trinajstić information content (AvgIpc) is 2.49. The maximum atomic E-state index is 12.5. The molecule has 0 bridgehead atoms. The standard InChI is InChI=1S/C17H22O5/c1-16(8-18)6-5-13(21)17(2)9-3-4-10(19)15(22)14(9)11(20)7-12(16)17/h3-4,12-13,18-19,21-22H,5-8H2,1-2H3/t12-,13+,16-,17+/m0/s1. The molecule has 0 radical (unpaired) electrons. The normalized spacial score (nSPS) is 37.5.